The van der Waals surface area contributed by atoms with Gasteiger partial charge in [0, 0.05) is 47.0 Å². The van der Waals surface area contributed by atoms with Crippen molar-refractivity contribution in [3.05, 3.63) is 18.0 Å². The molecule has 0 spiro atoms. The molecule has 1 aliphatic heterocycles. The van der Waals surface area contributed by atoms with Gasteiger partial charge in [0.15, 0.2) is 5.96 Å². The number of guanidine groups is 1. The van der Waals surface area contributed by atoms with Gasteiger partial charge < -0.3 is 15.1 Å². The predicted octanol–water partition coefficient (Wildman–Crippen LogP) is 1.90. The van der Waals surface area contributed by atoms with Crippen LogP contribution in [0, 0.1) is 11.3 Å². The SMILES string of the molecule is CCNC(=NCC1(C(=O)N(C)C)CCCC1)N1CCC(Cc2cnn(C)c2)C1. The molecule has 0 bridgehead atoms. The third-order valence-electron chi connectivity index (χ3n) is 6.16. The lowest BCUT2D eigenvalue weighted by Gasteiger charge is -2.30. The Bertz CT molecular complexity index is 689. The van der Waals surface area contributed by atoms with Crippen LogP contribution in [0.5, 0.6) is 0 Å². The number of carbonyl (C=O) groups excluding carboxylic acids is 1. The highest BCUT2D eigenvalue weighted by atomic mass is 16.2. The van der Waals surface area contributed by atoms with Gasteiger partial charge in [0.05, 0.1) is 18.2 Å². The molecular weight excluding hydrogens is 352 g/mol. The number of nitrogens with zero attached hydrogens (tertiary/aromatic N) is 5. The van der Waals surface area contributed by atoms with E-state index in [1.807, 2.05) is 32.0 Å². The van der Waals surface area contributed by atoms with Gasteiger partial charge in [-0.3, -0.25) is 14.5 Å². The molecule has 28 heavy (non-hydrogen) atoms. The van der Waals surface area contributed by atoms with Crippen LogP contribution in [-0.4, -0.2) is 71.7 Å². The van der Waals surface area contributed by atoms with Crippen molar-refractivity contribution in [3.8, 4) is 0 Å². The zero-order valence-electron chi connectivity index (χ0n) is 17.9. The molecular formula is C21H36N6O. The predicted molar refractivity (Wildman–Crippen MR) is 112 cm³/mol. The van der Waals surface area contributed by atoms with E-state index in [1.54, 1.807) is 4.90 Å². The summed E-state index contributed by atoms with van der Waals surface area (Å²) in [4.78, 5) is 21.9. The molecule has 156 valence electrons. The molecule has 0 aromatic carbocycles. The molecule has 1 N–H and O–H groups in total. The van der Waals surface area contributed by atoms with Crippen molar-refractivity contribution in [1.82, 2.24) is 24.9 Å². The molecule has 1 aromatic heterocycles. The van der Waals surface area contributed by atoms with Crippen molar-refractivity contribution in [2.45, 2.75) is 45.4 Å². The Morgan fingerprint density at radius 1 is 1.39 bits per heavy atom. The van der Waals surface area contributed by atoms with Crippen molar-refractivity contribution < 1.29 is 4.79 Å². The molecule has 1 atom stereocenters. The monoisotopic (exact) mass is 388 g/mol. The van der Waals surface area contributed by atoms with E-state index in [-0.39, 0.29) is 11.3 Å². The number of likely N-dealkylation sites (tertiary alicyclic amines) is 1. The second kappa shape index (κ2) is 8.97. The Labute approximate surface area is 169 Å². The highest BCUT2D eigenvalue weighted by Gasteiger charge is 2.42. The highest BCUT2D eigenvalue weighted by molar-refractivity contribution is 5.84. The molecule has 1 saturated heterocycles. The number of aliphatic imine (C=N–C) groups is 1. The fourth-order valence-corrected chi connectivity index (χ4v) is 4.72. The minimum atomic E-state index is -0.307. The van der Waals surface area contributed by atoms with Crippen molar-refractivity contribution in [2.24, 2.45) is 23.4 Å². The lowest BCUT2D eigenvalue weighted by molar-refractivity contribution is -0.138. The topological polar surface area (TPSA) is 65.8 Å². The third-order valence-corrected chi connectivity index (χ3v) is 6.16. The normalized spacial score (nSPS) is 21.9. The zero-order valence-corrected chi connectivity index (χ0v) is 17.9. The molecule has 7 heteroatoms. The minimum Gasteiger partial charge on any atom is -0.357 e. The number of hydrogen-bond acceptors (Lipinski definition) is 3. The van der Waals surface area contributed by atoms with E-state index in [4.69, 9.17) is 4.99 Å². The summed E-state index contributed by atoms with van der Waals surface area (Å²) in [7, 11) is 5.69. The van der Waals surface area contributed by atoms with Gasteiger partial charge in [-0.05, 0) is 44.1 Å². The summed E-state index contributed by atoms with van der Waals surface area (Å²) in [5.74, 6) is 1.83. The average molecular weight is 389 g/mol. The van der Waals surface area contributed by atoms with E-state index in [2.05, 4.69) is 28.4 Å². The van der Waals surface area contributed by atoms with E-state index in [0.29, 0.717) is 12.5 Å². The number of nitrogens with one attached hydrogen (secondary N) is 1. The van der Waals surface area contributed by atoms with Crippen molar-refractivity contribution in [3.63, 3.8) is 0 Å². The van der Waals surface area contributed by atoms with E-state index < -0.39 is 0 Å². The molecule has 1 aromatic rings. The van der Waals surface area contributed by atoms with Gasteiger partial charge in [-0.25, -0.2) is 0 Å². The lowest BCUT2D eigenvalue weighted by Crippen LogP contribution is -2.44. The second-order valence-electron chi connectivity index (χ2n) is 8.68. The van der Waals surface area contributed by atoms with E-state index in [9.17, 15) is 4.79 Å². The van der Waals surface area contributed by atoms with Crippen LogP contribution in [0.15, 0.2) is 17.4 Å². The van der Waals surface area contributed by atoms with Crippen LogP contribution in [0.4, 0.5) is 0 Å². The maximum Gasteiger partial charge on any atom is 0.230 e. The first-order valence-electron chi connectivity index (χ1n) is 10.7. The van der Waals surface area contributed by atoms with Gasteiger partial charge in [0.1, 0.15) is 0 Å². The summed E-state index contributed by atoms with van der Waals surface area (Å²) in [6.45, 7) is 5.57. The summed E-state index contributed by atoms with van der Waals surface area (Å²) in [6.07, 6.45) is 10.5. The minimum absolute atomic E-state index is 0.237. The Balaban J connectivity index is 1.66. The van der Waals surface area contributed by atoms with Crippen LogP contribution < -0.4 is 5.32 Å². The Morgan fingerprint density at radius 3 is 2.75 bits per heavy atom. The fourth-order valence-electron chi connectivity index (χ4n) is 4.72. The van der Waals surface area contributed by atoms with Crippen LogP contribution in [0.1, 0.15) is 44.6 Å². The zero-order chi connectivity index (χ0) is 20.1. The summed E-state index contributed by atoms with van der Waals surface area (Å²) in [5, 5.41) is 7.74. The molecule has 3 rings (SSSR count). The first-order valence-corrected chi connectivity index (χ1v) is 10.7. The highest BCUT2D eigenvalue weighted by Crippen LogP contribution is 2.40. The van der Waals surface area contributed by atoms with Crippen molar-refractivity contribution in [2.75, 3.05) is 40.3 Å². The molecule has 2 aliphatic rings. The van der Waals surface area contributed by atoms with E-state index in [1.165, 1.54) is 12.0 Å². The van der Waals surface area contributed by atoms with Gasteiger partial charge in [-0.1, -0.05) is 12.8 Å². The summed E-state index contributed by atoms with van der Waals surface area (Å²) in [5.41, 5.74) is 0.997. The molecule has 1 amide bonds. The third kappa shape index (κ3) is 4.67. The molecule has 0 radical (unpaired) electrons. The van der Waals surface area contributed by atoms with Crippen LogP contribution in [0.2, 0.25) is 0 Å². The summed E-state index contributed by atoms with van der Waals surface area (Å²) >= 11 is 0. The fraction of sp³-hybridized carbons (Fsp3) is 0.762. The Kier molecular flexibility index (Phi) is 6.62. The van der Waals surface area contributed by atoms with Crippen molar-refractivity contribution >= 4 is 11.9 Å². The van der Waals surface area contributed by atoms with Gasteiger partial charge in [0.2, 0.25) is 5.91 Å². The van der Waals surface area contributed by atoms with Gasteiger partial charge >= 0.3 is 0 Å². The standard InChI is InChI=1S/C21H36N6O/c1-5-22-20(23-16-21(9-6-7-10-21)19(28)25(2)3)27-11-8-17(15-27)12-18-13-24-26(4)14-18/h13-14,17H,5-12,15-16H2,1-4H3,(H,22,23). The van der Waals surface area contributed by atoms with Crippen LogP contribution in [0.3, 0.4) is 0 Å². The average Bonchev–Trinajstić information content (AvgIpc) is 3.40. The smallest absolute Gasteiger partial charge is 0.230 e. The van der Waals surface area contributed by atoms with E-state index in [0.717, 1.165) is 57.7 Å². The number of amides is 1. The maximum atomic E-state index is 12.8. The number of carbonyl (C=O) groups is 1. The second-order valence-corrected chi connectivity index (χ2v) is 8.68. The first-order chi connectivity index (χ1) is 13.4. The number of rotatable bonds is 6. The first kappa shape index (κ1) is 20.7. The number of aromatic nitrogens is 2. The Hall–Kier alpha value is -2.05. The van der Waals surface area contributed by atoms with E-state index >= 15 is 0 Å². The lowest BCUT2D eigenvalue weighted by atomic mass is 9.85. The van der Waals surface area contributed by atoms with Gasteiger partial charge in [0.25, 0.3) is 0 Å². The molecule has 1 saturated carbocycles. The van der Waals surface area contributed by atoms with Crippen LogP contribution >= 0.6 is 0 Å². The summed E-state index contributed by atoms with van der Waals surface area (Å²) < 4.78 is 1.87. The molecule has 2 fully saturated rings. The number of aryl methyl sites for hydroxylation is 1. The van der Waals surface area contributed by atoms with Crippen LogP contribution in [-0.2, 0) is 18.3 Å². The molecule has 1 aliphatic carbocycles. The quantitative estimate of drug-likeness (QED) is 0.597. The maximum absolute atomic E-state index is 12.8. The van der Waals surface area contributed by atoms with Crippen molar-refractivity contribution in [1.29, 1.82) is 0 Å². The molecule has 2 heterocycles. The largest absolute Gasteiger partial charge is 0.357 e. The summed E-state index contributed by atoms with van der Waals surface area (Å²) in [6, 6.07) is 0. The van der Waals surface area contributed by atoms with Gasteiger partial charge in [-0.2, -0.15) is 5.10 Å². The van der Waals surface area contributed by atoms with Crippen LogP contribution in [0.25, 0.3) is 0 Å². The molecule has 1 unspecified atom stereocenters. The number of hydrogen-bond donors (Lipinski definition) is 1. The molecule has 7 nitrogen and oxygen atoms in total. The van der Waals surface area contributed by atoms with Gasteiger partial charge in [-0.15, -0.1) is 0 Å². The Morgan fingerprint density at radius 2 is 2.14 bits per heavy atom.